The second-order valence-corrected chi connectivity index (χ2v) is 7.36. The number of aryl methyl sites for hydroxylation is 2. The lowest BCUT2D eigenvalue weighted by molar-refractivity contribution is -0.389. The molecule has 1 aliphatic heterocycles. The Morgan fingerprint density at radius 1 is 1.31 bits per heavy atom. The maximum absolute atomic E-state index is 12.9. The van der Waals surface area contributed by atoms with Crippen LogP contribution in [0.1, 0.15) is 42.4 Å². The summed E-state index contributed by atoms with van der Waals surface area (Å²) in [5.74, 6) is -1.24. The molecule has 11 nitrogen and oxygen atoms in total. The fraction of sp³-hybridized carbons (Fsp3) is 0.556. The summed E-state index contributed by atoms with van der Waals surface area (Å²) in [5, 5.41) is 21.7. The van der Waals surface area contributed by atoms with Crippen LogP contribution in [-0.2, 0) is 18.4 Å². The summed E-state index contributed by atoms with van der Waals surface area (Å²) in [5.41, 5.74) is 1.31. The van der Waals surface area contributed by atoms with Crippen molar-refractivity contribution in [2.45, 2.75) is 39.7 Å². The first-order valence-corrected chi connectivity index (χ1v) is 9.59. The molecule has 2 aromatic heterocycles. The monoisotopic (exact) mass is 403 g/mol. The van der Waals surface area contributed by atoms with Crippen LogP contribution in [0.4, 0.5) is 11.5 Å². The van der Waals surface area contributed by atoms with Gasteiger partial charge in [-0.25, -0.2) is 0 Å². The molecule has 0 bridgehead atoms. The normalized spacial score (nSPS) is 15.2. The minimum Gasteiger partial charge on any atom is -0.358 e. The highest BCUT2D eigenvalue weighted by molar-refractivity contribution is 6.02. The highest BCUT2D eigenvalue weighted by Crippen LogP contribution is 2.21. The number of likely N-dealkylation sites (tertiary alicyclic amines) is 1. The Hall–Kier alpha value is -3.24. The quantitative estimate of drug-likeness (QED) is 0.578. The molecule has 0 saturated carbocycles. The third kappa shape index (κ3) is 4.44. The van der Waals surface area contributed by atoms with Gasteiger partial charge in [-0.05, 0) is 31.1 Å². The lowest BCUT2D eigenvalue weighted by atomic mass is 10.1. The standard InChI is InChI=1S/C18H25N7O4/c1-12(11-24-13(2)9-15(21-24)25(28)29)17(26)20-14-10-19-22(3)16(14)18(27)23-7-5-4-6-8-23/h9-10,12H,4-8,11H2,1-3H3,(H,20,26). The van der Waals surface area contributed by atoms with Crippen molar-refractivity contribution in [2.75, 3.05) is 18.4 Å². The van der Waals surface area contributed by atoms with Crippen LogP contribution in [-0.4, -0.2) is 54.3 Å². The van der Waals surface area contributed by atoms with Gasteiger partial charge >= 0.3 is 5.82 Å². The van der Waals surface area contributed by atoms with E-state index in [1.807, 2.05) is 0 Å². The molecular formula is C18H25N7O4. The summed E-state index contributed by atoms with van der Waals surface area (Å²) >= 11 is 0. The predicted molar refractivity (Wildman–Crippen MR) is 104 cm³/mol. The maximum atomic E-state index is 12.9. The fourth-order valence-corrected chi connectivity index (χ4v) is 3.39. The van der Waals surface area contributed by atoms with Crippen molar-refractivity contribution in [3.63, 3.8) is 0 Å². The van der Waals surface area contributed by atoms with Gasteiger partial charge in [-0.1, -0.05) is 6.92 Å². The van der Waals surface area contributed by atoms with E-state index in [9.17, 15) is 19.7 Å². The third-order valence-electron chi connectivity index (χ3n) is 5.09. The first kappa shape index (κ1) is 20.5. The number of hydrogen-bond donors (Lipinski definition) is 1. The second kappa shape index (κ2) is 8.41. The lowest BCUT2D eigenvalue weighted by Crippen LogP contribution is -2.37. The van der Waals surface area contributed by atoms with Gasteiger partial charge < -0.3 is 20.3 Å². The van der Waals surface area contributed by atoms with Gasteiger partial charge in [-0.3, -0.25) is 14.3 Å². The Morgan fingerprint density at radius 2 is 2.00 bits per heavy atom. The summed E-state index contributed by atoms with van der Waals surface area (Å²) in [6.07, 6.45) is 4.52. The van der Waals surface area contributed by atoms with Gasteiger partial charge in [0, 0.05) is 20.1 Å². The molecule has 29 heavy (non-hydrogen) atoms. The molecule has 1 unspecified atom stereocenters. The number of rotatable bonds is 6. The Bertz CT molecular complexity index is 927. The molecule has 0 radical (unpaired) electrons. The lowest BCUT2D eigenvalue weighted by Gasteiger charge is -2.27. The first-order chi connectivity index (χ1) is 13.8. The molecule has 1 saturated heterocycles. The number of amides is 2. The summed E-state index contributed by atoms with van der Waals surface area (Å²) in [6, 6.07) is 1.36. The summed E-state index contributed by atoms with van der Waals surface area (Å²) in [6.45, 7) is 4.98. The van der Waals surface area contributed by atoms with Gasteiger partial charge in [-0.15, -0.1) is 0 Å². The van der Waals surface area contributed by atoms with E-state index in [0.29, 0.717) is 30.2 Å². The van der Waals surface area contributed by atoms with Gasteiger partial charge in [-0.2, -0.15) is 9.78 Å². The maximum Gasteiger partial charge on any atom is 0.390 e. The number of nitro groups is 1. The minimum absolute atomic E-state index is 0.147. The number of piperidine rings is 1. The second-order valence-electron chi connectivity index (χ2n) is 7.36. The number of nitrogens with zero attached hydrogens (tertiary/aromatic N) is 6. The number of carbonyl (C=O) groups excluding carboxylic acids is 2. The van der Waals surface area contributed by atoms with E-state index in [4.69, 9.17) is 0 Å². The summed E-state index contributed by atoms with van der Waals surface area (Å²) < 4.78 is 2.91. The topological polar surface area (TPSA) is 128 Å². The van der Waals surface area contributed by atoms with Crippen LogP contribution in [0.5, 0.6) is 0 Å². The molecule has 3 rings (SSSR count). The fourth-order valence-electron chi connectivity index (χ4n) is 3.39. The van der Waals surface area contributed by atoms with Crippen molar-refractivity contribution >= 4 is 23.3 Å². The number of anilines is 1. The molecule has 1 aliphatic rings. The van der Waals surface area contributed by atoms with Crippen LogP contribution in [0.2, 0.25) is 0 Å². The van der Waals surface area contributed by atoms with Gasteiger partial charge in [0.2, 0.25) is 5.91 Å². The third-order valence-corrected chi connectivity index (χ3v) is 5.09. The van der Waals surface area contributed by atoms with Crippen LogP contribution in [0.25, 0.3) is 0 Å². The Kier molecular flexibility index (Phi) is 5.95. The molecule has 1 N–H and O–H groups in total. The zero-order valence-electron chi connectivity index (χ0n) is 16.8. The van der Waals surface area contributed by atoms with Crippen LogP contribution in [0.15, 0.2) is 12.3 Å². The molecule has 1 fully saturated rings. The Labute approximate surface area is 167 Å². The Morgan fingerprint density at radius 3 is 2.62 bits per heavy atom. The number of nitrogens with one attached hydrogen (secondary N) is 1. The van der Waals surface area contributed by atoms with Crippen molar-refractivity contribution in [1.29, 1.82) is 0 Å². The van der Waals surface area contributed by atoms with Crippen molar-refractivity contribution in [3.05, 3.63) is 33.8 Å². The van der Waals surface area contributed by atoms with Crippen LogP contribution in [0.3, 0.4) is 0 Å². The number of carbonyl (C=O) groups is 2. The molecule has 2 amide bonds. The Balaban J connectivity index is 1.70. The van der Waals surface area contributed by atoms with Gasteiger partial charge in [0.15, 0.2) is 0 Å². The van der Waals surface area contributed by atoms with Crippen LogP contribution in [0, 0.1) is 23.0 Å². The van der Waals surface area contributed by atoms with E-state index in [-0.39, 0.29) is 24.2 Å². The van der Waals surface area contributed by atoms with E-state index in [1.165, 1.54) is 21.6 Å². The molecule has 0 aromatic carbocycles. The largest absolute Gasteiger partial charge is 0.390 e. The molecule has 2 aromatic rings. The zero-order chi connectivity index (χ0) is 21.1. The summed E-state index contributed by atoms with van der Waals surface area (Å²) in [4.78, 5) is 37.7. The molecular weight excluding hydrogens is 378 g/mol. The van der Waals surface area contributed by atoms with Gasteiger partial charge in [0.05, 0.1) is 41.2 Å². The van der Waals surface area contributed by atoms with Crippen molar-refractivity contribution in [3.8, 4) is 0 Å². The van der Waals surface area contributed by atoms with Crippen molar-refractivity contribution in [2.24, 2.45) is 13.0 Å². The first-order valence-electron chi connectivity index (χ1n) is 9.59. The minimum atomic E-state index is -0.567. The summed E-state index contributed by atoms with van der Waals surface area (Å²) in [7, 11) is 1.67. The molecule has 156 valence electrons. The van der Waals surface area contributed by atoms with E-state index in [2.05, 4.69) is 15.5 Å². The van der Waals surface area contributed by atoms with E-state index >= 15 is 0 Å². The van der Waals surface area contributed by atoms with Crippen molar-refractivity contribution in [1.82, 2.24) is 24.5 Å². The zero-order valence-corrected chi connectivity index (χ0v) is 16.8. The van der Waals surface area contributed by atoms with E-state index in [0.717, 1.165) is 19.3 Å². The average Bonchev–Trinajstić information content (AvgIpc) is 3.24. The smallest absolute Gasteiger partial charge is 0.358 e. The average molecular weight is 403 g/mol. The predicted octanol–water partition coefficient (Wildman–Crippen LogP) is 1.73. The number of aromatic nitrogens is 4. The molecule has 11 heteroatoms. The van der Waals surface area contributed by atoms with E-state index < -0.39 is 10.8 Å². The van der Waals surface area contributed by atoms with Gasteiger partial charge in [0.1, 0.15) is 5.69 Å². The highest BCUT2D eigenvalue weighted by Gasteiger charge is 2.27. The van der Waals surface area contributed by atoms with Crippen LogP contribution < -0.4 is 5.32 Å². The van der Waals surface area contributed by atoms with Crippen molar-refractivity contribution < 1.29 is 14.5 Å². The SMILES string of the molecule is Cc1cc([N+](=O)[O-])nn1CC(C)C(=O)Nc1cnn(C)c1C(=O)N1CCCCC1. The van der Waals surface area contributed by atoms with Gasteiger partial charge in [0.25, 0.3) is 5.91 Å². The molecule has 1 atom stereocenters. The van der Waals surface area contributed by atoms with E-state index in [1.54, 1.807) is 25.8 Å². The number of hydrogen-bond acceptors (Lipinski definition) is 6. The van der Waals surface area contributed by atoms with Crippen LogP contribution >= 0.6 is 0 Å². The molecule has 0 spiro atoms. The molecule has 3 heterocycles. The highest BCUT2D eigenvalue weighted by atomic mass is 16.6. The molecule has 0 aliphatic carbocycles.